The van der Waals surface area contributed by atoms with Crippen LogP contribution >= 0.6 is 11.6 Å². The third-order valence-corrected chi connectivity index (χ3v) is 6.64. The standard InChI is InChI=1S/C20H23ClN2O5S/c1-2-29(25,26)23(16-9-10-18-19(12-16)28-14-27-18)13-20(24)22-11-5-7-15-6-3-4-8-17(15)21/h3-4,6,8-10,12H,2,5,7,11,13-14H2,1H3,(H,22,24). The molecule has 1 amide bonds. The van der Waals surface area contributed by atoms with Gasteiger partial charge >= 0.3 is 0 Å². The summed E-state index contributed by atoms with van der Waals surface area (Å²) in [6.45, 7) is 1.75. The highest BCUT2D eigenvalue weighted by Crippen LogP contribution is 2.36. The van der Waals surface area contributed by atoms with Gasteiger partial charge in [0.05, 0.1) is 11.4 Å². The molecule has 0 saturated heterocycles. The lowest BCUT2D eigenvalue weighted by atomic mass is 10.1. The number of anilines is 1. The van der Waals surface area contributed by atoms with Crippen molar-refractivity contribution in [3.8, 4) is 11.5 Å². The van der Waals surface area contributed by atoms with Crippen LogP contribution in [-0.2, 0) is 21.2 Å². The molecule has 0 aromatic heterocycles. The zero-order chi connectivity index (χ0) is 20.9. The molecule has 0 unspecified atom stereocenters. The van der Waals surface area contributed by atoms with E-state index in [1.165, 1.54) is 6.92 Å². The van der Waals surface area contributed by atoms with E-state index < -0.39 is 10.0 Å². The summed E-state index contributed by atoms with van der Waals surface area (Å²) in [5.74, 6) is 0.505. The molecule has 2 aromatic carbocycles. The second kappa shape index (κ2) is 9.37. The Morgan fingerprint density at radius 2 is 1.93 bits per heavy atom. The van der Waals surface area contributed by atoms with Crippen molar-refractivity contribution < 1.29 is 22.7 Å². The Kier molecular flexibility index (Phi) is 6.87. The maximum absolute atomic E-state index is 12.5. The number of hydrogen-bond donors (Lipinski definition) is 1. The van der Waals surface area contributed by atoms with Gasteiger partial charge < -0.3 is 14.8 Å². The minimum atomic E-state index is -3.65. The molecule has 0 bridgehead atoms. The summed E-state index contributed by atoms with van der Waals surface area (Å²) < 4.78 is 36.8. The van der Waals surface area contributed by atoms with Gasteiger partial charge in [0.25, 0.3) is 0 Å². The lowest BCUT2D eigenvalue weighted by Gasteiger charge is -2.23. The SMILES string of the molecule is CCS(=O)(=O)N(CC(=O)NCCCc1ccccc1Cl)c1ccc2c(c1)OCO2. The third-order valence-electron chi connectivity index (χ3n) is 4.53. The molecule has 2 aromatic rings. The Morgan fingerprint density at radius 3 is 2.69 bits per heavy atom. The largest absolute Gasteiger partial charge is 0.454 e. The minimum absolute atomic E-state index is 0.0885. The van der Waals surface area contributed by atoms with Crippen LogP contribution in [0.4, 0.5) is 5.69 Å². The molecule has 0 spiro atoms. The first-order valence-electron chi connectivity index (χ1n) is 9.31. The summed E-state index contributed by atoms with van der Waals surface area (Å²) >= 11 is 6.13. The number of halogens is 1. The van der Waals surface area contributed by atoms with E-state index in [0.29, 0.717) is 35.2 Å². The van der Waals surface area contributed by atoms with E-state index in [4.69, 9.17) is 21.1 Å². The fourth-order valence-corrected chi connectivity index (χ4v) is 4.23. The normalized spacial score (nSPS) is 12.6. The summed E-state index contributed by atoms with van der Waals surface area (Å²) in [5, 5.41) is 3.47. The number of benzene rings is 2. The minimum Gasteiger partial charge on any atom is -0.454 e. The molecule has 29 heavy (non-hydrogen) atoms. The van der Waals surface area contributed by atoms with Crippen LogP contribution in [0.2, 0.25) is 5.02 Å². The van der Waals surface area contributed by atoms with E-state index in [1.807, 2.05) is 24.3 Å². The van der Waals surface area contributed by atoms with Gasteiger partial charge in [0.2, 0.25) is 22.7 Å². The number of fused-ring (bicyclic) bond motifs is 1. The highest BCUT2D eigenvalue weighted by atomic mass is 35.5. The average Bonchev–Trinajstić information content (AvgIpc) is 3.18. The van der Waals surface area contributed by atoms with Crippen molar-refractivity contribution in [1.29, 1.82) is 0 Å². The molecule has 0 atom stereocenters. The highest BCUT2D eigenvalue weighted by molar-refractivity contribution is 7.92. The molecule has 1 heterocycles. The molecule has 0 saturated carbocycles. The molecule has 3 rings (SSSR count). The third kappa shape index (κ3) is 5.33. The van der Waals surface area contributed by atoms with Crippen LogP contribution in [-0.4, -0.2) is 40.0 Å². The average molecular weight is 439 g/mol. The van der Waals surface area contributed by atoms with E-state index in [9.17, 15) is 13.2 Å². The van der Waals surface area contributed by atoms with E-state index >= 15 is 0 Å². The van der Waals surface area contributed by atoms with Gasteiger partial charge in [0.1, 0.15) is 6.54 Å². The highest BCUT2D eigenvalue weighted by Gasteiger charge is 2.25. The Morgan fingerprint density at radius 1 is 1.17 bits per heavy atom. The molecule has 156 valence electrons. The second-order valence-corrected chi connectivity index (χ2v) is 9.08. The van der Waals surface area contributed by atoms with Gasteiger partial charge in [-0.2, -0.15) is 0 Å². The maximum atomic E-state index is 12.5. The second-order valence-electron chi connectivity index (χ2n) is 6.49. The number of ether oxygens (including phenoxy) is 2. The van der Waals surface area contributed by atoms with Crippen molar-refractivity contribution in [2.75, 3.05) is 29.9 Å². The smallest absolute Gasteiger partial charge is 0.240 e. The van der Waals surface area contributed by atoms with E-state index in [0.717, 1.165) is 16.3 Å². The zero-order valence-electron chi connectivity index (χ0n) is 16.1. The molecule has 1 aliphatic heterocycles. The van der Waals surface area contributed by atoms with Gasteiger partial charge in [-0.25, -0.2) is 8.42 Å². The Bertz CT molecular complexity index is 981. The number of amides is 1. The molecule has 0 aliphatic carbocycles. The van der Waals surface area contributed by atoms with Crippen molar-refractivity contribution >= 4 is 33.2 Å². The number of sulfonamides is 1. The van der Waals surface area contributed by atoms with Gasteiger partial charge in [0.15, 0.2) is 11.5 Å². The summed E-state index contributed by atoms with van der Waals surface area (Å²) in [5.41, 5.74) is 1.38. The summed E-state index contributed by atoms with van der Waals surface area (Å²) in [6.07, 6.45) is 1.42. The number of hydrogen-bond acceptors (Lipinski definition) is 5. The molecule has 1 N–H and O–H groups in total. The molecule has 0 fully saturated rings. The molecular formula is C20H23ClN2O5S. The Labute approximate surface area is 175 Å². The predicted molar refractivity (Wildman–Crippen MR) is 112 cm³/mol. The number of aryl methyl sites for hydroxylation is 1. The van der Waals surface area contributed by atoms with Gasteiger partial charge in [-0.3, -0.25) is 9.10 Å². The van der Waals surface area contributed by atoms with Gasteiger partial charge in [0, 0.05) is 17.6 Å². The summed E-state index contributed by atoms with van der Waals surface area (Å²) in [4.78, 5) is 12.4. The van der Waals surface area contributed by atoms with Crippen LogP contribution in [0.15, 0.2) is 42.5 Å². The van der Waals surface area contributed by atoms with Crippen LogP contribution in [0.5, 0.6) is 11.5 Å². The number of rotatable bonds is 9. The molecular weight excluding hydrogens is 416 g/mol. The topological polar surface area (TPSA) is 84.9 Å². The predicted octanol–water partition coefficient (Wildman–Crippen LogP) is 2.97. The van der Waals surface area contributed by atoms with E-state index in [1.54, 1.807) is 18.2 Å². The van der Waals surface area contributed by atoms with Crippen molar-refractivity contribution in [1.82, 2.24) is 5.32 Å². The van der Waals surface area contributed by atoms with Crippen LogP contribution in [0.1, 0.15) is 18.9 Å². The van der Waals surface area contributed by atoms with Crippen molar-refractivity contribution in [3.05, 3.63) is 53.1 Å². The molecule has 9 heteroatoms. The number of carbonyl (C=O) groups is 1. The molecule has 0 radical (unpaired) electrons. The first-order chi connectivity index (χ1) is 13.9. The molecule has 1 aliphatic rings. The van der Waals surface area contributed by atoms with Gasteiger partial charge in [-0.1, -0.05) is 29.8 Å². The monoisotopic (exact) mass is 438 g/mol. The van der Waals surface area contributed by atoms with Crippen molar-refractivity contribution in [3.63, 3.8) is 0 Å². The maximum Gasteiger partial charge on any atom is 0.240 e. The number of nitrogens with one attached hydrogen (secondary N) is 1. The Balaban J connectivity index is 1.61. The van der Waals surface area contributed by atoms with Crippen LogP contribution < -0.4 is 19.1 Å². The van der Waals surface area contributed by atoms with Crippen LogP contribution in [0.25, 0.3) is 0 Å². The summed E-state index contributed by atoms with van der Waals surface area (Å²) in [7, 11) is -3.65. The Hall–Kier alpha value is -2.45. The van der Waals surface area contributed by atoms with Crippen molar-refractivity contribution in [2.24, 2.45) is 0 Å². The van der Waals surface area contributed by atoms with Crippen LogP contribution in [0.3, 0.4) is 0 Å². The lowest BCUT2D eigenvalue weighted by Crippen LogP contribution is -2.41. The summed E-state index contributed by atoms with van der Waals surface area (Å²) in [6, 6.07) is 12.4. The fraction of sp³-hybridized carbons (Fsp3) is 0.350. The number of carbonyl (C=O) groups excluding carboxylic acids is 1. The fourth-order valence-electron chi connectivity index (χ4n) is 2.94. The van der Waals surface area contributed by atoms with Crippen molar-refractivity contribution in [2.45, 2.75) is 19.8 Å². The number of nitrogens with zero attached hydrogens (tertiary/aromatic N) is 1. The quantitative estimate of drug-likeness (QED) is 0.608. The first kappa shape index (κ1) is 21.3. The molecule has 7 nitrogen and oxygen atoms in total. The van der Waals surface area contributed by atoms with E-state index in [2.05, 4.69) is 5.32 Å². The zero-order valence-corrected chi connectivity index (χ0v) is 17.6. The van der Waals surface area contributed by atoms with E-state index in [-0.39, 0.29) is 25.0 Å². The lowest BCUT2D eigenvalue weighted by molar-refractivity contribution is -0.119. The van der Waals surface area contributed by atoms with Gasteiger partial charge in [-0.15, -0.1) is 0 Å². The van der Waals surface area contributed by atoms with Gasteiger partial charge in [-0.05, 0) is 43.5 Å². The first-order valence-corrected chi connectivity index (χ1v) is 11.3. The van der Waals surface area contributed by atoms with Crippen LogP contribution in [0, 0.1) is 0 Å².